The lowest BCUT2D eigenvalue weighted by Gasteiger charge is -1.96. The molecule has 0 fully saturated rings. The molecule has 2 rings (SSSR count). The molecule has 0 aliphatic rings. The molecule has 2 aromatic rings. The van der Waals surface area contributed by atoms with Crippen molar-refractivity contribution >= 4 is 21.6 Å². The predicted molar refractivity (Wildman–Crippen MR) is 49.3 cm³/mol. The van der Waals surface area contributed by atoms with Gasteiger partial charge in [0.15, 0.2) is 0 Å². The van der Waals surface area contributed by atoms with E-state index in [0.29, 0.717) is 12.2 Å². The van der Waals surface area contributed by atoms with Gasteiger partial charge in [-0.15, -0.1) is 0 Å². The summed E-state index contributed by atoms with van der Waals surface area (Å²) in [4.78, 5) is 15.0. The molecule has 0 atom stereocenters. The van der Waals surface area contributed by atoms with E-state index in [1.165, 1.54) is 0 Å². The van der Waals surface area contributed by atoms with Crippen LogP contribution in [0.1, 0.15) is 5.56 Å². The van der Waals surface area contributed by atoms with E-state index in [2.05, 4.69) is 4.84 Å². The third-order valence-electron chi connectivity index (χ3n) is 1.64. The minimum Gasteiger partial charge on any atom is -0.414 e. The van der Waals surface area contributed by atoms with E-state index in [0.717, 1.165) is 21.6 Å². The largest absolute Gasteiger partial charge is 0.414 e. The Morgan fingerprint density at radius 2 is 2.38 bits per heavy atom. The van der Waals surface area contributed by atoms with Crippen molar-refractivity contribution in [2.24, 2.45) is 5.90 Å². The van der Waals surface area contributed by atoms with E-state index in [1.807, 2.05) is 12.1 Å². The van der Waals surface area contributed by atoms with Gasteiger partial charge in [-0.25, -0.2) is 10.7 Å². The second-order valence-electron chi connectivity index (χ2n) is 2.55. The Bertz CT molecular complexity index is 473. The van der Waals surface area contributed by atoms with Crippen LogP contribution in [0.3, 0.4) is 0 Å². The molecule has 2 N–H and O–H groups in total. The molecule has 0 aliphatic heterocycles. The normalized spacial score (nSPS) is 10.8. The number of benzene rings is 1. The first-order valence-corrected chi connectivity index (χ1v) is 4.45. The van der Waals surface area contributed by atoms with Gasteiger partial charge in [-0.1, -0.05) is 17.4 Å². The monoisotopic (exact) mass is 197 g/mol. The van der Waals surface area contributed by atoms with Crippen molar-refractivity contribution in [2.75, 3.05) is 0 Å². The summed E-state index contributed by atoms with van der Waals surface area (Å²) in [6, 6.07) is 5.38. The molecule has 1 aromatic carbocycles. The van der Waals surface area contributed by atoms with Gasteiger partial charge < -0.3 is 4.42 Å². The summed E-state index contributed by atoms with van der Waals surface area (Å²) in [5, 5.41) is 0. The van der Waals surface area contributed by atoms with Gasteiger partial charge in [0.1, 0.15) is 5.58 Å². The van der Waals surface area contributed by atoms with Gasteiger partial charge in [-0.05, 0) is 17.7 Å². The quantitative estimate of drug-likeness (QED) is 0.736. The van der Waals surface area contributed by atoms with Crippen LogP contribution in [0.5, 0.6) is 0 Å². The number of hydrogen-bond donors (Lipinski definition) is 1. The van der Waals surface area contributed by atoms with E-state index in [9.17, 15) is 4.79 Å². The molecular weight excluding hydrogens is 190 g/mol. The predicted octanol–water partition coefficient (Wildman–Crippen LogP) is 1.24. The molecule has 0 aliphatic carbocycles. The fourth-order valence-corrected chi connectivity index (χ4v) is 1.83. The van der Waals surface area contributed by atoms with Crippen LogP contribution in [0.4, 0.5) is 0 Å². The van der Waals surface area contributed by atoms with Gasteiger partial charge in [-0.3, -0.25) is 4.84 Å². The molecular formula is C8H7NO3S. The van der Waals surface area contributed by atoms with Crippen molar-refractivity contribution in [3.63, 3.8) is 0 Å². The molecule has 1 aromatic heterocycles. The average Bonchev–Trinajstić information content (AvgIpc) is 2.44. The van der Waals surface area contributed by atoms with Crippen LogP contribution in [-0.2, 0) is 11.4 Å². The van der Waals surface area contributed by atoms with Crippen LogP contribution in [0.25, 0.3) is 10.3 Å². The molecule has 0 bridgehead atoms. The lowest BCUT2D eigenvalue weighted by Crippen LogP contribution is -1.98. The maximum atomic E-state index is 10.9. The molecule has 0 amide bonds. The van der Waals surface area contributed by atoms with Crippen molar-refractivity contribution in [1.82, 2.24) is 0 Å². The summed E-state index contributed by atoms with van der Waals surface area (Å²) in [6.45, 7) is 0.335. The summed E-state index contributed by atoms with van der Waals surface area (Å²) in [6.07, 6.45) is 0. The summed E-state index contributed by atoms with van der Waals surface area (Å²) in [5.41, 5.74) is 1.53. The number of hydrogen-bond acceptors (Lipinski definition) is 5. The van der Waals surface area contributed by atoms with Crippen LogP contribution < -0.4 is 10.8 Å². The van der Waals surface area contributed by atoms with Crippen LogP contribution in [0, 0.1) is 0 Å². The molecule has 0 radical (unpaired) electrons. The lowest BCUT2D eigenvalue weighted by atomic mass is 10.2. The van der Waals surface area contributed by atoms with Crippen LogP contribution >= 0.6 is 11.3 Å². The molecule has 0 saturated carbocycles. The number of fused-ring (bicyclic) bond motifs is 1. The highest BCUT2D eigenvalue weighted by Gasteiger charge is 2.02. The van der Waals surface area contributed by atoms with Crippen LogP contribution in [-0.4, -0.2) is 0 Å². The Morgan fingerprint density at radius 3 is 3.15 bits per heavy atom. The first-order valence-electron chi connectivity index (χ1n) is 3.64. The zero-order valence-electron chi connectivity index (χ0n) is 6.65. The molecule has 4 nitrogen and oxygen atoms in total. The van der Waals surface area contributed by atoms with Gasteiger partial charge in [0, 0.05) is 0 Å². The number of nitrogens with two attached hydrogens (primary N) is 1. The third kappa shape index (κ3) is 1.62. The third-order valence-corrected chi connectivity index (χ3v) is 2.43. The van der Waals surface area contributed by atoms with Gasteiger partial charge in [0.05, 0.1) is 11.3 Å². The van der Waals surface area contributed by atoms with Gasteiger partial charge in [0.2, 0.25) is 0 Å². The van der Waals surface area contributed by atoms with Crippen molar-refractivity contribution in [2.45, 2.75) is 6.61 Å². The first kappa shape index (κ1) is 8.43. The van der Waals surface area contributed by atoms with Crippen molar-refractivity contribution in [1.29, 1.82) is 0 Å². The van der Waals surface area contributed by atoms with Crippen LogP contribution in [0.2, 0.25) is 0 Å². The highest BCUT2D eigenvalue weighted by atomic mass is 32.1. The smallest absolute Gasteiger partial charge is 0.396 e. The highest BCUT2D eigenvalue weighted by molar-refractivity contribution is 7.16. The fourth-order valence-electron chi connectivity index (χ4n) is 1.10. The minimum absolute atomic E-state index is 0.291. The Balaban J connectivity index is 2.54. The lowest BCUT2D eigenvalue weighted by molar-refractivity contribution is 0.124. The van der Waals surface area contributed by atoms with E-state index in [-0.39, 0.29) is 4.94 Å². The Labute approximate surface area is 77.5 Å². The van der Waals surface area contributed by atoms with Gasteiger partial charge in [0.25, 0.3) is 0 Å². The summed E-state index contributed by atoms with van der Waals surface area (Å²) in [7, 11) is 0. The van der Waals surface area contributed by atoms with E-state index in [4.69, 9.17) is 10.3 Å². The maximum absolute atomic E-state index is 10.9. The zero-order chi connectivity index (χ0) is 9.26. The van der Waals surface area contributed by atoms with Crippen molar-refractivity contribution < 1.29 is 9.25 Å². The Morgan fingerprint density at radius 1 is 1.54 bits per heavy atom. The van der Waals surface area contributed by atoms with Crippen molar-refractivity contribution in [3.05, 3.63) is 33.5 Å². The second kappa shape index (κ2) is 3.29. The topological polar surface area (TPSA) is 65.5 Å². The number of rotatable bonds is 2. The highest BCUT2D eigenvalue weighted by Crippen LogP contribution is 2.18. The van der Waals surface area contributed by atoms with E-state index in [1.54, 1.807) is 6.07 Å². The summed E-state index contributed by atoms with van der Waals surface area (Å²) >= 11 is 1.07. The first-order chi connectivity index (χ1) is 6.29. The van der Waals surface area contributed by atoms with Crippen LogP contribution in [0.15, 0.2) is 27.4 Å². The molecule has 0 unspecified atom stereocenters. The second-order valence-corrected chi connectivity index (χ2v) is 3.52. The standard InChI is InChI=1S/C8H7NO3S/c9-11-4-5-1-2-6-7(3-5)13-8(10)12-6/h1-3H,4,9H2. The van der Waals surface area contributed by atoms with Crippen molar-refractivity contribution in [3.8, 4) is 0 Å². The van der Waals surface area contributed by atoms with E-state index >= 15 is 0 Å². The molecule has 0 spiro atoms. The molecule has 68 valence electrons. The van der Waals surface area contributed by atoms with Gasteiger partial charge >= 0.3 is 4.94 Å². The SMILES string of the molecule is NOCc1ccc2oc(=O)sc2c1. The molecule has 0 saturated heterocycles. The molecule has 1 heterocycles. The summed E-state index contributed by atoms with van der Waals surface area (Å²) < 4.78 is 5.71. The molecule has 13 heavy (non-hydrogen) atoms. The van der Waals surface area contributed by atoms with Gasteiger partial charge in [-0.2, -0.15) is 0 Å². The Hall–Kier alpha value is -1.17. The maximum Gasteiger partial charge on any atom is 0.396 e. The average molecular weight is 197 g/mol. The fraction of sp³-hybridized carbons (Fsp3) is 0.125. The molecule has 5 heteroatoms. The van der Waals surface area contributed by atoms with E-state index < -0.39 is 0 Å². The zero-order valence-corrected chi connectivity index (χ0v) is 7.47. The minimum atomic E-state index is -0.291. The Kier molecular flexibility index (Phi) is 2.13. The summed E-state index contributed by atoms with van der Waals surface area (Å²) in [5.74, 6) is 4.93.